The number of amides is 1. The molecule has 1 saturated carbocycles. The van der Waals surface area contributed by atoms with Gasteiger partial charge in [-0.2, -0.15) is 0 Å². The van der Waals surface area contributed by atoms with Crippen LogP contribution >= 0.6 is 0 Å². The van der Waals surface area contributed by atoms with Gasteiger partial charge < -0.3 is 19.5 Å². The first-order chi connectivity index (χ1) is 13.0. The molecule has 0 unspecified atom stereocenters. The van der Waals surface area contributed by atoms with Crippen LogP contribution in [-0.2, 0) is 23.8 Å². The number of ketones is 1. The zero-order valence-corrected chi connectivity index (χ0v) is 18.1. The molecule has 0 aromatic heterocycles. The van der Waals surface area contributed by atoms with E-state index in [9.17, 15) is 9.59 Å². The highest BCUT2D eigenvalue weighted by atomic mass is 16.5. The van der Waals surface area contributed by atoms with Crippen LogP contribution < -0.4 is 5.32 Å². The summed E-state index contributed by atoms with van der Waals surface area (Å²) in [5.74, 6) is 0.674. The van der Waals surface area contributed by atoms with E-state index in [1.807, 2.05) is 34.6 Å². The van der Waals surface area contributed by atoms with E-state index >= 15 is 0 Å². The van der Waals surface area contributed by atoms with Gasteiger partial charge in [0.2, 0.25) is 5.91 Å². The number of nitrogens with one attached hydrogen (secondary N) is 1. The van der Waals surface area contributed by atoms with Gasteiger partial charge in [0, 0.05) is 32.3 Å². The van der Waals surface area contributed by atoms with Crippen molar-refractivity contribution >= 4 is 11.7 Å². The molecule has 0 saturated heterocycles. The number of ether oxygens (including phenoxy) is 3. The van der Waals surface area contributed by atoms with Gasteiger partial charge in [-0.25, -0.2) is 0 Å². The predicted molar refractivity (Wildman–Crippen MR) is 110 cm³/mol. The van der Waals surface area contributed by atoms with Crippen LogP contribution in [0.4, 0.5) is 0 Å². The molecule has 0 aromatic rings. The maximum absolute atomic E-state index is 12.0. The maximum atomic E-state index is 12.0. The molecule has 6 nitrogen and oxygen atoms in total. The molecule has 6 heteroatoms. The number of carbonyl (C=O) groups is 2. The first-order valence-electron chi connectivity index (χ1n) is 10.6. The van der Waals surface area contributed by atoms with Crippen molar-refractivity contribution in [2.45, 2.75) is 72.8 Å². The molecule has 1 fully saturated rings. The summed E-state index contributed by atoms with van der Waals surface area (Å²) in [5.41, 5.74) is 0. The van der Waals surface area contributed by atoms with Gasteiger partial charge in [-0.3, -0.25) is 9.59 Å². The van der Waals surface area contributed by atoms with E-state index < -0.39 is 0 Å². The van der Waals surface area contributed by atoms with Crippen molar-refractivity contribution in [3.8, 4) is 0 Å². The minimum atomic E-state index is 0. The highest BCUT2D eigenvalue weighted by Gasteiger charge is 2.28. The van der Waals surface area contributed by atoms with E-state index in [4.69, 9.17) is 14.2 Å². The van der Waals surface area contributed by atoms with E-state index in [0.29, 0.717) is 51.8 Å². The van der Waals surface area contributed by atoms with Crippen LogP contribution in [0.1, 0.15) is 68.1 Å². The molecule has 0 heterocycles. The average molecular weight is 390 g/mol. The lowest BCUT2D eigenvalue weighted by molar-refractivity contribution is -0.127. The Balaban J connectivity index is 0. The van der Waals surface area contributed by atoms with E-state index in [-0.39, 0.29) is 25.2 Å². The van der Waals surface area contributed by atoms with Gasteiger partial charge in [-0.15, -0.1) is 0 Å². The smallest absolute Gasteiger partial charge is 0.222 e. The van der Waals surface area contributed by atoms with Gasteiger partial charge in [0.1, 0.15) is 5.78 Å². The Kier molecular flexibility index (Phi) is 16.5. The summed E-state index contributed by atoms with van der Waals surface area (Å²) in [7, 11) is 0. The Bertz CT molecular complexity index is 385. The average Bonchev–Trinajstić information content (AvgIpc) is 2.68. The summed E-state index contributed by atoms with van der Waals surface area (Å²) < 4.78 is 15.9. The number of rotatable bonds is 13. The molecule has 0 aliphatic heterocycles. The van der Waals surface area contributed by atoms with Crippen LogP contribution in [0.5, 0.6) is 0 Å². The second-order valence-corrected chi connectivity index (χ2v) is 6.84. The van der Waals surface area contributed by atoms with Gasteiger partial charge in [-0.05, 0) is 32.6 Å². The van der Waals surface area contributed by atoms with Crippen LogP contribution in [0.25, 0.3) is 0 Å². The van der Waals surface area contributed by atoms with Crippen LogP contribution in [0.15, 0.2) is 0 Å². The summed E-state index contributed by atoms with van der Waals surface area (Å²) in [6.07, 6.45) is 3.92. The second kappa shape index (κ2) is 17.1. The fourth-order valence-corrected chi connectivity index (χ4v) is 3.04. The Morgan fingerprint density at radius 1 is 0.926 bits per heavy atom. The number of Topliss-reactive ketones (excluding diaryl/α,β-unsaturated/α-hetero) is 1. The Hall–Kier alpha value is -0.980. The normalized spacial score (nSPS) is 19.3. The lowest BCUT2D eigenvalue weighted by atomic mass is 9.80. The molecule has 0 aromatic carbocycles. The molecule has 1 rings (SSSR count). The molecule has 1 aliphatic rings. The van der Waals surface area contributed by atoms with Crippen LogP contribution in [0.3, 0.4) is 0 Å². The van der Waals surface area contributed by atoms with Crippen molar-refractivity contribution in [3.05, 3.63) is 0 Å². The highest BCUT2D eigenvalue weighted by Crippen LogP contribution is 2.27. The van der Waals surface area contributed by atoms with Crippen LogP contribution in [-0.4, -0.2) is 57.4 Å². The van der Waals surface area contributed by atoms with Crippen molar-refractivity contribution in [3.63, 3.8) is 0 Å². The Morgan fingerprint density at radius 2 is 1.44 bits per heavy atom. The number of carbonyl (C=O) groups excluding carboxylic acids is 2. The summed E-state index contributed by atoms with van der Waals surface area (Å²) in [6, 6.07) is 0.200. The molecule has 0 spiro atoms. The SMILES string of the molecule is CC.CCOCCOCCOCCC(=O)NC1CCC(C(=O)C(C)C)CC1.[HH]. The van der Waals surface area contributed by atoms with Gasteiger partial charge in [-0.1, -0.05) is 27.7 Å². The van der Waals surface area contributed by atoms with Crippen molar-refractivity contribution in [1.29, 1.82) is 0 Å². The van der Waals surface area contributed by atoms with E-state index in [1.54, 1.807) is 0 Å². The van der Waals surface area contributed by atoms with Gasteiger partial charge in [0.15, 0.2) is 0 Å². The largest absolute Gasteiger partial charge is 0.379 e. The zero-order valence-electron chi connectivity index (χ0n) is 18.1. The van der Waals surface area contributed by atoms with Crippen molar-refractivity contribution in [1.82, 2.24) is 5.32 Å². The predicted octanol–water partition coefficient (Wildman–Crippen LogP) is 3.62. The lowest BCUT2D eigenvalue weighted by Gasteiger charge is -2.29. The van der Waals surface area contributed by atoms with Crippen molar-refractivity contribution < 1.29 is 25.2 Å². The molecule has 1 N–H and O–H groups in total. The molecule has 1 aliphatic carbocycles. The quantitative estimate of drug-likeness (QED) is 0.487. The molecular formula is C21H43NO5. The molecule has 0 bridgehead atoms. The minimum absolute atomic E-state index is 0. The van der Waals surface area contributed by atoms with Gasteiger partial charge in [0.05, 0.1) is 33.0 Å². The van der Waals surface area contributed by atoms with Crippen LogP contribution in [0.2, 0.25) is 0 Å². The summed E-state index contributed by atoms with van der Waals surface area (Å²) in [6.45, 7) is 13.1. The molecule has 0 radical (unpaired) electrons. The zero-order chi connectivity index (χ0) is 20.5. The van der Waals surface area contributed by atoms with E-state index in [1.165, 1.54) is 0 Å². The molecule has 1 amide bonds. The van der Waals surface area contributed by atoms with Crippen LogP contribution in [0, 0.1) is 11.8 Å². The summed E-state index contributed by atoms with van der Waals surface area (Å²) >= 11 is 0. The number of hydrogen-bond donors (Lipinski definition) is 1. The number of hydrogen-bond acceptors (Lipinski definition) is 5. The first-order valence-corrected chi connectivity index (χ1v) is 10.6. The maximum Gasteiger partial charge on any atom is 0.222 e. The molecule has 0 atom stereocenters. The third-order valence-electron chi connectivity index (χ3n) is 4.49. The monoisotopic (exact) mass is 389 g/mol. The Morgan fingerprint density at radius 3 is 1.96 bits per heavy atom. The third-order valence-corrected chi connectivity index (χ3v) is 4.49. The standard InChI is InChI=1S/C19H35NO5.C2H6.H2/c1-4-23-11-12-25-14-13-24-10-9-18(21)20-17-7-5-16(6-8-17)19(22)15(2)3;1-2;/h15-17H,4-14H2,1-3H3,(H,20,21);1-2H3;1H. The highest BCUT2D eigenvalue weighted by molar-refractivity contribution is 5.83. The van der Waals surface area contributed by atoms with Crippen molar-refractivity contribution in [2.24, 2.45) is 11.8 Å². The lowest BCUT2D eigenvalue weighted by Crippen LogP contribution is -2.39. The molecular weight excluding hydrogens is 346 g/mol. The summed E-state index contributed by atoms with van der Waals surface area (Å²) in [5, 5.41) is 3.05. The summed E-state index contributed by atoms with van der Waals surface area (Å²) in [4.78, 5) is 23.9. The Labute approximate surface area is 167 Å². The van der Waals surface area contributed by atoms with Gasteiger partial charge in [0.25, 0.3) is 0 Å². The molecule has 162 valence electrons. The third kappa shape index (κ3) is 12.9. The topological polar surface area (TPSA) is 73.9 Å². The van der Waals surface area contributed by atoms with E-state index in [2.05, 4.69) is 5.32 Å². The fraction of sp³-hybridized carbons (Fsp3) is 0.905. The second-order valence-electron chi connectivity index (χ2n) is 6.84. The van der Waals surface area contributed by atoms with Gasteiger partial charge >= 0.3 is 0 Å². The fourth-order valence-electron chi connectivity index (χ4n) is 3.04. The van der Waals surface area contributed by atoms with E-state index in [0.717, 1.165) is 25.7 Å². The first kappa shape index (κ1) is 26.0. The molecule has 27 heavy (non-hydrogen) atoms. The van der Waals surface area contributed by atoms with Crippen molar-refractivity contribution in [2.75, 3.05) is 39.6 Å². The minimum Gasteiger partial charge on any atom is -0.379 e.